The summed E-state index contributed by atoms with van der Waals surface area (Å²) in [6, 6.07) is 6.23. The van der Waals surface area contributed by atoms with E-state index in [2.05, 4.69) is 6.07 Å². The number of nitrogen functional groups attached to an aromatic ring is 1. The summed E-state index contributed by atoms with van der Waals surface area (Å²) in [5, 5.41) is 0. The van der Waals surface area contributed by atoms with Gasteiger partial charge in [-0.2, -0.15) is 0 Å². The molecule has 0 saturated heterocycles. The Labute approximate surface area is 72.6 Å². The average Bonchev–Trinajstić information content (AvgIpc) is 2.04. The Bertz CT molecular complexity index is 294. The van der Waals surface area contributed by atoms with E-state index >= 15 is 0 Å². The SMILES string of the molecule is Nc1cccc2c1[C@@H](N)CCC2. The number of hydrogen-bond donors (Lipinski definition) is 2. The lowest BCUT2D eigenvalue weighted by Gasteiger charge is -2.23. The first-order chi connectivity index (χ1) is 5.79. The maximum Gasteiger partial charge on any atom is 0.0365 e. The second-order valence-corrected chi connectivity index (χ2v) is 3.42. The van der Waals surface area contributed by atoms with Crippen LogP contribution in [0, 0.1) is 0 Å². The van der Waals surface area contributed by atoms with Gasteiger partial charge in [0.05, 0.1) is 0 Å². The van der Waals surface area contributed by atoms with E-state index in [4.69, 9.17) is 11.5 Å². The van der Waals surface area contributed by atoms with Crippen LogP contribution < -0.4 is 11.5 Å². The summed E-state index contributed by atoms with van der Waals surface area (Å²) in [4.78, 5) is 0. The Kier molecular flexibility index (Phi) is 1.77. The second kappa shape index (κ2) is 2.79. The van der Waals surface area contributed by atoms with Crippen LogP contribution in [0.5, 0.6) is 0 Å². The van der Waals surface area contributed by atoms with Crippen LogP contribution in [-0.2, 0) is 6.42 Å². The fraction of sp³-hybridized carbons (Fsp3) is 0.400. The molecule has 0 aliphatic heterocycles. The highest BCUT2D eigenvalue weighted by Crippen LogP contribution is 2.31. The zero-order chi connectivity index (χ0) is 8.55. The number of fused-ring (bicyclic) bond motifs is 1. The number of nitrogens with two attached hydrogens (primary N) is 2. The van der Waals surface area contributed by atoms with Crippen LogP contribution in [0.25, 0.3) is 0 Å². The van der Waals surface area contributed by atoms with Crippen molar-refractivity contribution < 1.29 is 0 Å². The second-order valence-electron chi connectivity index (χ2n) is 3.42. The quantitative estimate of drug-likeness (QED) is 0.569. The van der Waals surface area contributed by atoms with Crippen molar-refractivity contribution in [1.29, 1.82) is 0 Å². The van der Waals surface area contributed by atoms with Gasteiger partial charge in [0.1, 0.15) is 0 Å². The Balaban J connectivity index is 2.53. The van der Waals surface area contributed by atoms with Crippen molar-refractivity contribution in [3.63, 3.8) is 0 Å². The molecule has 64 valence electrons. The molecule has 2 nitrogen and oxygen atoms in total. The van der Waals surface area contributed by atoms with E-state index < -0.39 is 0 Å². The van der Waals surface area contributed by atoms with Crippen LogP contribution in [0.15, 0.2) is 18.2 Å². The molecule has 1 aliphatic carbocycles. The predicted molar refractivity (Wildman–Crippen MR) is 50.7 cm³/mol. The third-order valence-corrected chi connectivity index (χ3v) is 2.56. The molecule has 0 fully saturated rings. The molecule has 0 aromatic heterocycles. The van der Waals surface area contributed by atoms with Gasteiger partial charge in [-0.3, -0.25) is 0 Å². The lowest BCUT2D eigenvalue weighted by atomic mass is 9.87. The zero-order valence-corrected chi connectivity index (χ0v) is 7.09. The van der Waals surface area contributed by atoms with Crippen molar-refractivity contribution >= 4 is 5.69 Å². The number of rotatable bonds is 0. The topological polar surface area (TPSA) is 52.0 Å². The maximum absolute atomic E-state index is 5.97. The molecule has 0 unspecified atom stereocenters. The van der Waals surface area contributed by atoms with Gasteiger partial charge >= 0.3 is 0 Å². The molecule has 1 aliphatic rings. The number of benzene rings is 1. The molecule has 0 spiro atoms. The number of aryl methyl sites for hydroxylation is 1. The molecule has 1 atom stereocenters. The molecular weight excluding hydrogens is 148 g/mol. The molecule has 0 bridgehead atoms. The van der Waals surface area contributed by atoms with E-state index in [0.29, 0.717) is 0 Å². The van der Waals surface area contributed by atoms with Crippen molar-refractivity contribution in [2.45, 2.75) is 25.3 Å². The third-order valence-electron chi connectivity index (χ3n) is 2.56. The predicted octanol–water partition coefficient (Wildman–Crippen LogP) is 1.60. The van der Waals surface area contributed by atoms with Gasteiger partial charge in [0.25, 0.3) is 0 Å². The minimum atomic E-state index is 0.162. The number of hydrogen-bond acceptors (Lipinski definition) is 2. The van der Waals surface area contributed by atoms with E-state index in [9.17, 15) is 0 Å². The van der Waals surface area contributed by atoms with Gasteiger partial charge in [-0.15, -0.1) is 0 Å². The van der Waals surface area contributed by atoms with Gasteiger partial charge in [-0.25, -0.2) is 0 Å². The van der Waals surface area contributed by atoms with Crippen molar-refractivity contribution in [2.24, 2.45) is 5.73 Å². The Morgan fingerprint density at radius 3 is 2.92 bits per heavy atom. The smallest absolute Gasteiger partial charge is 0.0365 e. The highest BCUT2D eigenvalue weighted by atomic mass is 14.7. The molecule has 12 heavy (non-hydrogen) atoms. The lowest BCUT2D eigenvalue weighted by molar-refractivity contribution is 0.572. The summed E-state index contributed by atoms with van der Waals surface area (Å²) in [5.41, 5.74) is 15.2. The average molecular weight is 162 g/mol. The van der Waals surface area contributed by atoms with Crippen LogP contribution in [0.2, 0.25) is 0 Å². The number of anilines is 1. The monoisotopic (exact) mass is 162 g/mol. The summed E-state index contributed by atoms with van der Waals surface area (Å²) in [7, 11) is 0. The zero-order valence-electron chi connectivity index (χ0n) is 7.09. The molecule has 0 radical (unpaired) electrons. The molecule has 0 amide bonds. The maximum atomic E-state index is 5.97. The first-order valence-corrected chi connectivity index (χ1v) is 4.42. The van der Waals surface area contributed by atoms with E-state index in [1.54, 1.807) is 0 Å². The van der Waals surface area contributed by atoms with Crippen molar-refractivity contribution in [2.75, 3.05) is 5.73 Å². The van der Waals surface area contributed by atoms with Crippen molar-refractivity contribution in [3.05, 3.63) is 29.3 Å². The largest absolute Gasteiger partial charge is 0.398 e. The van der Waals surface area contributed by atoms with E-state index in [-0.39, 0.29) is 6.04 Å². The summed E-state index contributed by atoms with van der Waals surface area (Å²) in [5.74, 6) is 0. The Morgan fingerprint density at radius 1 is 1.33 bits per heavy atom. The highest BCUT2D eigenvalue weighted by molar-refractivity contribution is 5.53. The minimum absolute atomic E-state index is 0.162. The molecule has 2 heteroatoms. The van der Waals surface area contributed by atoms with Crippen LogP contribution in [0.3, 0.4) is 0 Å². The van der Waals surface area contributed by atoms with Gasteiger partial charge in [-0.05, 0) is 36.5 Å². The summed E-state index contributed by atoms with van der Waals surface area (Å²) in [6.45, 7) is 0. The van der Waals surface area contributed by atoms with Gasteiger partial charge < -0.3 is 11.5 Å². The fourth-order valence-corrected chi connectivity index (χ4v) is 1.96. The molecule has 0 heterocycles. The van der Waals surface area contributed by atoms with Crippen LogP contribution in [0.1, 0.15) is 30.0 Å². The summed E-state index contributed by atoms with van der Waals surface area (Å²) in [6.07, 6.45) is 3.40. The Morgan fingerprint density at radius 2 is 2.17 bits per heavy atom. The van der Waals surface area contributed by atoms with Gasteiger partial charge in [0.2, 0.25) is 0 Å². The highest BCUT2D eigenvalue weighted by Gasteiger charge is 2.18. The third kappa shape index (κ3) is 1.08. The first-order valence-electron chi connectivity index (χ1n) is 4.42. The molecule has 1 aromatic rings. The first kappa shape index (κ1) is 7.62. The van der Waals surface area contributed by atoms with Crippen molar-refractivity contribution in [1.82, 2.24) is 0 Å². The van der Waals surface area contributed by atoms with E-state index in [0.717, 1.165) is 18.5 Å². The van der Waals surface area contributed by atoms with Crippen LogP contribution in [0.4, 0.5) is 5.69 Å². The van der Waals surface area contributed by atoms with E-state index in [1.807, 2.05) is 12.1 Å². The summed E-state index contributed by atoms with van der Waals surface area (Å²) < 4.78 is 0. The summed E-state index contributed by atoms with van der Waals surface area (Å²) >= 11 is 0. The van der Waals surface area contributed by atoms with Gasteiger partial charge in [-0.1, -0.05) is 12.1 Å². The molecule has 2 rings (SSSR count). The van der Waals surface area contributed by atoms with E-state index in [1.165, 1.54) is 17.5 Å². The van der Waals surface area contributed by atoms with Crippen molar-refractivity contribution in [3.8, 4) is 0 Å². The molecule has 1 aromatic carbocycles. The molecular formula is C10H14N2. The fourth-order valence-electron chi connectivity index (χ4n) is 1.96. The van der Waals surface area contributed by atoms with Crippen LogP contribution in [-0.4, -0.2) is 0 Å². The molecule has 0 saturated carbocycles. The Hall–Kier alpha value is -1.02. The van der Waals surface area contributed by atoms with Crippen LogP contribution >= 0.6 is 0 Å². The molecule has 4 N–H and O–H groups in total. The van der Waals surface area contributed by atoms with Gasteiger partial charge in [0, 0.05) is 11.7 Å². The normalized spacial score (nSPS) is 21.9. The van der Waals surface area contributed by atoms with Gasteiger partial charge in [0.15, 0.2) is 0 Å². The minimum Gasteiger partial charge on any atom is -0.398 e. The standard InChI is InChI=1S/C10H14N2/c11-8-5-1-3-7-4-2-6-9(12)10(7)8/h1,3,5,9H,2,4,6,11-12H2/t9-/m0/s1. The lowest BCUT2D eigenvalue weighted by Crippen LogP contribution is -2.18.